The Kier molecular flexibility index (Phi) is 3.68. The number of para-hydroxylation sites is 1. The van der Waals surface area contributed by atoms with Gasteiger partial charge in [0.25, 0.3) is 0 Å². The summed E-state index contributed by atoms with van der Waals surface area (Å²) in [5.41, 5.74) is 2.12. The lowest BCUT2D eigenvalue weighted by Gasteiger charge is -2.28. The molecule has 8 heteroatoms. The SMILES string of the molecule is CN1CCC(=O)N2[C@H](c3ccc4c(c3)OCO4)c3[nH]c4ccccc4c(=O)c3[C@@H]2C1=O. The van der Waals surface area contributed by atoms with Gasteiger partial charge < -0.3 is 24.3 Å². The third kappa shape index (κ3) is 2.44. The molecule has 4 heterocycles. The fourth-order valence-corrected chi connectivity index (χ4v) is 4.84. The van der Waals surface area contributed by atoms with E-state index in [1.54, 1.807) is 30.1 Å². The van der Waals surface area contributed by atoms with Crippen molar-refractivity contribution >= 4 is 22.7 Å². The summed E-state index contributed by atoms with van der Waals surface area (Å²) >= 11 is 0. The lowest BCUT2D eigenvalue weighted by atomic mass is 9.99. The summed E-state index contributed by atoms with van der Waals surface area (Å²) in [6.07, 6.45) is 0.196. The van der Waals surface area contributed by atoms with Gasteiger partial charge in [0.15, 0.2) is 16.9 Å². The van der Waals surface area contributed by atoms with Crippen LogP contribution in [0, 0.1) is 0 Å². The Balaban J connectivity index is 1.65. The van der Waals surface area contributed by atoms with Gasteiger partial charge in [0.05, 0.1) is 17.3 Å². The van der Waals surface area contributed by atoms with Crippen molar-refractivity contribution in [1.82, 2.24) is 14.8 Å². The Morgan fingerprint density at radius 3 is 2.68 bits per heavy atom. The van der Waals surface area contributed by atoms with E-state index >= 15 is 0 Å². The van der Waals surface area contributed by atoms with E-state index in [2.05, 4.69) is 4.98 Å². The average molecular weight is 417 g/mol. The standard InChI is InChI=1S/C23H19N3O5/c1-25-9-8-17(27)26-20(12-6-7-15-16(10-12)31-11-30-15)19-18(21(26)23(25)29)22(28)13-4-2-3-5-14(13)24-19/h2-7,10,20-21H,8-9,11H2,1H3,(H,24,28)/t20-,21-/m1/s1. The number of H-pyrrole nitrogens is 1. The van der Waals surface area contributed by atoms with Crippen LogP contribution in [0.2, 0.25) is 0 Å². The van der Waals surface area contributed by atoms with Crippen LogP contribution in [0.25, 0.3) is 10.9 Å². The molecule has 0 spiro atoms. The maximum absolute atomic E-state index is 13.5. The number of pyridine rings is 1. The molecule has 6 rings (SSSR count). The van der Waals surface area contributed by atoms with Crippen molar-refractivity contribution in [2.24, 2.45) is 0 Å². The molecule has 8 nitrogen and oxygen atoms in total. The maximum Gasteiger partial charge on any atom is 0.250 e. The molecule has 0 radical (unpaired) electrons. The highest BCUT2D eigenvalue weighted by Gasteiger charge is 2.50. The third-order valence-corrected chi connectivity index (χ3v) is 6.35. The minimum absolute atomic E-state index is 0.135. The van der Waals surface area contributed by atoms with Crippen LogP contribution in [-0.2, 0) is 9.59 Å². The van der Waals surface area contributed by atoms with E-state index < -0.39 is 12.1 Å². The second-order valence-corrected chi connectivity index (χ2v) is 8.06. The summed E-state index contributed by atoms with van der Waals surface area (Å²) in [5, 5.41) is 0.500. The lowest BCUT2D eigenvalue weighted by molar-refractivity contribution is -0.141. The Morgan fingerprint density at radius 1 is 1.00 bits per heavy atom. The van der Waals surface area contributed by atoms with Crippen LogP contribution >= 0.6 is 0 Å². The van der Waals surface area contributed by atoms with Crippen molar-refractivity contribution in [3.8, 4) is 11.5 Å². The molecular weight excluding hydrogens is 398 g/mol. The molecule has 156 valence electrons. The number of amides is 2. The predicted octanol–water partition coefficient (Wildman–Crippen LogP) is 2.09. The fraction of sp³-hybridized carbons (Fsp3) is 0.261. The molecule has 2 aromatic carbocycles. The fourth-order valence-electron chi connectivity index (χ4n) is 4.84. The first kappa shape index (κ1) is 18.0. The molecule has 0 saturated carbocycles. The van der Waals surface area contributed by atoms with Crippen molar-refractivity contribution in [1.29, 1.82) is 0 Å². The average Bonchev–Trinajstić information content (AvgIpc) is 3.36. The van der Waals surface area contributed by atoms with Crippen LogP contribution in [0.5, 0.6) is 11.5 Å². The molecule has 1 aromatic heterocycles. The number of aromatic amines is 1. The monoisotopic (exact) mass is 417 g/mol. The highest BCUT2D eigenvalue weighted by Crippen LogP contribution is 2.47. The van der Waals surface area contributed by atoms with Gasteiger partial charge in [-0.1, -0.05) is 18.2 Å². The number of fused-ring (bicyclic) bond motifs is 5. The smallest absolute Gasteiger partial charge is 0.250 e. The molecule has 31 heavy (non-hydrogen) atoms. The van der Waals surface area contributed by atoms with Gasteiger partial charge in [-0.25, -0.2) is 0 Å². The van der Waals surface area contributed by atoms with Gasteiger partial charge in [-0.05, 0) is 29.8 Å². The number of nitrogens with zero attached hydrogens (tertiary/aromatic N) is 2. The summed E-state index contributed by atoms with van der Waals surface area (Å²) in [6, 6.07) is 11.1. The third-order valence-electron chi connectivity index (χ3n) is 6.35. The number of aromatic nitrogens is 1. The largest absolute Gasteiger partial charge is 0.454 e. The molecule has 3 aliphatic rings. The first-order valence-electron chi connectivity index (χ1n) is 10.1. The van der Waals surface area contributed by atoms with Crippen molar-refractivity contribution in [2.75, 3.05) is 20.4 Å². The summed E-state index contributed by atoms with van der Waals surface area (Å²) in [4.78, 5) is 46.6. The Hall–Kier alpha value is -3.81. The van der Waals surface area contributed by atoms with Crippen LogP contribution in [-0.4, -0.2) is 47.0 Å². The Morgan fingerprint density at radius 2 is 1.81 bits per heavy atom. The summed E-state index contributed by atoms with van der Waals surface area (Å²) < 4.78 is 11.0. The molecule has 3 aliphatic heterocycles. The molecule has 0 bridgehead atoms. The zero-order chi connectivity index (χ0) is 21.3. The molecule has 1 saturated heterocycles. The topological polar surface area (TPSA) is 91.9 Å². The molecule has 1 fully saturated rings. The highest BCUT2D eigenvalue weighted by atomic mass is 16.7. The lowest BCUT2D eigenvalue weighted by Crippen LogP contribution is -2.38. The maximum atomic E-state index is 13.5. The van der Waals surface area contributed by atoms with E-state index in [1.165, 1.54) is 4.90 Å². The molecule has 1 N–H and O–H groups in total. The van der Waals surface area contributed by atoms with Crippen LogP contribution in [0.4, 0.5) is 0 Å². The van der Waals surface area contributed by atoms with Gasteiger partial charge in [-0.15, -0.1) is 0 Å². The van der Waals surface area contributed by atoms with Gasteiger partial charge >= 0.3 is 0 Å². The van der Waals surface area contributed by atoms with Gasteiger partial charge in [0.2, 0.25) is 18.6 Å². The predicted molar refractivity (Wildman–Crippen MR) is 111 cm³/mol. The number of ether oxygens (including phenoxy) is 2. The number of carbonyl (C=O) groups is 2. The van der Waals surface area contributed by atoms with Crippen LogP contribution in [0.15, 0.2) is 47.3 Å². The molecule has 0 unspecified atom stereocenters. The highest BCUT2D eigenvalue weighted by molar-refractivity contribution is 5.94. The number of carbonyl (C=O) groups excluding carboxylic acids is 2. The van der Waals surface area contributed by atoms with Gasteiger partial charge in [0.1, 0.15) is 6.04 Å². The van der Waals surface area contributed by atoms with E-state index in [0.717, 1.165) is 5.56 Å². The number of hydrogen-bond donors (Lipinski definition) is 1. The zero-order valence-electron chi connectivity index (χ0n) is 16.8. The molecule has 3 aromatic rings. The number of benzene rings is 2. The van der Waals surface area contributed by atoms with Crippen LogP contribution < -0.4 is 14.9 Å². The van der Waals surface area contributed by atoms with E-state index in [0.29, 0.717) is 40.2 Å². The van der Waals surface area contributed by atoms with E-state index in [4.69, 9.17) is 9.47 Å². The molecule has 0 aliphatic carbocycles. The summed E-state index contributed by atoms with van der Waals surface area (Å²) in [7, 11) is 1.67. The van der Waals surface area contributed by atoms with Crippen molar-refractivity contribution in [2.45, 2.75) is 18.5 Å². The number of rotatable bonds is 1. The minimum Gasteiger partial charge on any atom is -0.454 e. The minimum atomic E-state index is -0.959. The van der Waals surface area contributed by atoms with E-state index in [1.807, 2.05) is 24.3 Å². The second-order valence-electron chi connectivity index (χ2n) is 8.06. The first-order chi connectivity index (χ1) is 15.0. The normalized spacial score (nSPS) is 22.0. The van der Waals surface area contributed by atoms with Crippen LogP contribution in [0.3, 0.4) is 0 Å². The van der Waals surface area contributed by atoms with E-state index in [9.17, 15) is 14.4 Å². The number of hydrogen-bond acceptors (Lipinski definition) is 5. The number of likely N-dealkylation sites (N-methyl/N-ethyl adjacent to an activating group) is 1. The van der Waals surface area contributed by atoms with Crippen molar-refractivity contribution < 1.29 is 19.1 Å². The van der Waals surface area contributed by atoms with Crippen LogP contribution in [0.1, 0.15) is 35.3 Å². The molecule has 2 amide bonds. The number of nitrogens with one attached hydrogen (secondary N) is 1. The zero-order valence-corrected chi connectivity index (χ0v) is 16.8. The second kappa shape index (κ2) is 6.34. The van der Waals surface area contributed by atoms with Gasteiger partial charge in [0, 0.05) is 30.9 Å². The summed E-state index contributed by atoms with van der Waals surface area (Å²) in [5.74, 6) is 0.787. The van der Waals surface area contributed by atoms with Crippen molar-refractivity contribution in [3.63, 3.8) is 0 Å². The molecular formula is C23H19N3O5. The first-order valence-corrected chi connectivity index (χ1v) is 10.1. The van der Waals surface area contributed by atoms with Crippen molar-refractivity contribution in [3.05, 3.63) is 69.5 Å². The van der Waals surface area contributed by atoms with Gasteiger partial charge in [-0.3, -0.25) is 14.4 Å². The van der Waals surface area contributed by atoms with E-state index in [-0.39, 0.29) is 30.5 Å². The summed E-state index contributed by atoms with van der Waals surface area (Å²) in [6.45, 7) is 0.454. The quantitative estimate of drug-likeness (QED) is 0.655. The Bertz CT molecular complexity index is 1330. The van der Waals surface area contributed by atoms with Gasteiger partial charge in [-0.2, -0.15) is 0 Å². The molecule has 2 atom stereocenters. The Labute approximate surface area is 177 Å².